The van der Waals surface area contributed by atoms with Crippen LogP contribution in [0.5, 0.6) is 0 Å². The first kappa shape index (κ1) is 13.2. The maximum absolute atomic E-state index is 5.54. The second kappa shape index (κ2) is 6.00. The zero-order chi connectivity index (χ0) is 12.1. The molecule has 2 N–H and O–H groups in total. The summed E-state index contributed by atoms with van der Waals surface area (Å²) in [6.45, 7) is 2.13. The minimum absolute atomic E-state index is 0.301. The quantitative estimate of drug-likeness (QED) is 0.801. The number of nitrogens with zero attached hydrogens (tertiary/aromatic N) is 3. The summed E-state index contributed by atoms with van der Waals surface area (Å²) < 4.78 is 0. The first-order valence-corrected chi connectivity index (χ1v) is 6.71. The van der Waals surface area contributed by atoms with Crippen molar-refractivity contribution in [1.82, 2.24) is 9.97 Å². The Bertz CT molecular complexity index is 370. The van der Waals surface area contributed by atoms with Gasteiger partial charge in [-0.05, 0) is 19.2 Å². The van der Waals surface area contributed by atoms with Crippen LogP contribution in [0.2, 0.25) is 0 Å². The molecule has 0 bridgehead atoms. The van der Waals surface area contributed by atoms with Crippen LogP contribution in [0, 0.1) is 0 Å². The van der Waals surface area contributed by atoms with E-state index in [0.29, 0.717) is 22.7 Å². The average Bonchev–Trinajstić information content (AvgIpc) is 2.28. The molecule has 4 nitrogen and oxygen atoms in total. The van der Waals surface area contributed by atoms with E-state index in [4.69, 9.17) is 18.0 Å². The van der Waals surface area contributed by atoms with E-state index in [0.717, 1.165) is 5.75 Å². The summed E-state index contributed by atoms with van der Waals surface area (Å²) in [5.41, 5.74) is 6.15. The van der Waals surface area contributed by atoms with Crippen molar-refractivity contribution < 1.29 is 0 Å². The second-order valence-corrected chi connectivity index (χ2v) is 4.87. The molecule has 6 heteroatoms. The molecule has 1 heterocycles. The van der Waals surface area contributed by atoms with E-state index in [2.05, 4.69) is 23.1 Å². The Morgan fingerprint density at radius 2 is 2.38 bits per heavy atom. The topological polar surface area (TPSA) is 55.0 Å². The SMILES string of the molecule is CSCC(C)N(C)c1nccc(C(N)=S)n1. The Balaban J connectivity index is 2.86. The molecule has 0 fully saturated rings. The van der Waals surface area contributed by atoms with E-state index in [-0.39, 0.29) is 0 Å². The Hall–Kier alpha value is -0.880. The van der Waals surface area contributed by atoms with E-state index >= 15 is 0 Å². The molecule has 0 saturated carbocycles. The molecule has 1 unspecified atom stereocenters. The molecule has 1 aromatic heterocycles. The van der Waals surface area contributed by atoms with Crippen molar-refractivity contribution in [1.29, 1.82) is 0 Å². The molecule has 0 amide bonds. The maximum atomic E-state index is 5.54. The monoisotopic (exact) mass is 256 g/mol. The van der Waals surface area contributed by atoms with Crippen LogP contribution < -0.4 is 10.6 Å². The van der Waals surface area contributed by atoms with Crippen molar-refractivity contribution in [2.24, 2.45) is 5.73 Å². The van der Waals surface area contributed by atoms with Crippen LogP contribution in [0.4, 0.5) is 5.95 Å². The van der Waals surface area contributed by atoms with Crippen molar-refractivity contribution in [3.63, 3.8) is 0 Å². The third kappa shape index (κ3) is 3.31. The van der Waals surface area contributed by atoms with Crippen molar-refractivity contribution >= 4 is 34.9 Å². The minimum Gasteiger partial charge on any atom is -0.388 e. The molecular weight excluding hydrogens is 240 g/mol. The number of rotatable bonds is 5. The largest absolute Gasteiger partial charge is 0.388 e. The summed E-state index contributed by atoms with van der Waals surface area (Å²) in [5.74, 6) is 1.68. The second-order valence-electron chi connectivity index (χ2n) is 3.52. The summed E-state index contributed by atoms with van der Waals surface area (Å²) in [7, 11) is 1.97. The molecule has 1 rings (SSSR count). The van der Waals surface area contributed by atoms with E-state index in [1.54, 1.807) is 24.0 Å². The smallest absolute Gasteiger partial charge is 0.225 e. The van der Waals surface area contributed by atoms with Gasteiger partial charge in [-0.25, -0.2) is 9.97 Å². The summed E-state index contributed by atoms with van der Waals surface area (Å²) in [4.78, 5) is 10.9. The third-order valence-electron chi connectivity index (χ3n) is 2.28. The molecule has 0 spiro atoms. The van der Waals surface area contributed by atoms with Crippen LogP contribution >= 0.6 is 24.0 Å². The molecule has 0 saturated heterocycles. The number of thioether (sulfide) groups is 1. The Kier molecular flexibility index (Phi) is 4.95. The summed E-state index contributed by atoms with van der Waals surface area (Å²) in [6, 6.07) is 2.09. The molecule has 0 aliphatic rings. The van der Waals surface area contributed by atoms with Gasteiger partial charge in [-0.1, -0.05) is 12.2 Å². The fourth-order valence-electron chi connectivity index (χ4n) is 1.21. The number of hydrogen-bond donors (Lipinski definition) is 1. The van der Waals surface area contributed by atoms with Gasteiger partial charge >= 0.3 is 0 Å². The normalized spacial score (nSPS) is 12.2. The highest BCUT2D eigenvalue weighted by atomic mass is 32.2. The molecule has 0 aromatic carbocycles. The fourth-order valence-corrected chi connectivity index (χ4v) is 2.03. The number of thiocarbonyl (C=S) groups is 1. The molecular formula is C10H16N4S2. The minimum atomic E-state index is 0.301. The predicted octanol–water partition coefficient (Wildman–Crippen LogP) is 1.30. The first-order valence-electron chi connectivity index (χ1n) is 4.91. The molecule has 0 radical (unpaired) electrons. The van der Waals surface area contributed by atoms with Gasteiger partial charge in [0.15, 0.2) is 0 Å². The van der Waals surface area contributed by atoms with Crippen molar-refractivity contribution in [3.8, 4) is 0 Å². The van der Waals surface area contributed by atoms with Gasteiger partial charge in [-0.15, -0.1) is 0 Å². The average molecular weight is 256 g/mol. The van der Waals surface area contributed by atoms with Gasteiger partial charge in [-0.2, -0.15) is 11.8 Å². The van der Waals surface area contributed by atoms with Crippen LogP contribution in [0.1, 0.15) is 12.6 Å². The lowest BCUT2D eigenvalue weighted by molar-refractivity contribution is 0.738. The van der Waals surface area contributed by atoms with Gasteiger partial charge in [0.1, 0.15) is 10.7 Å². The Morgan fingerprint density at radius 1 is 1.69 bits per heavy atom. The summed E-state index contributed by atoms with van der Waals surface area (Å²) in [6.07, 6.45) is 3.76. The van der Waals surface area contributed by atoms with Gasteiger partial charge in [0.05, 0.1) is 0 Å². The molecule has 0 aliphatic carbocycles. The van der Waals surface area contributed by atoms with E-state index in [1.807, 2.05) is 11.9 Å². The zero-order valence-corrected chi connectivity index (χ0v) is 11.3. The maximum Gasteiger partial charge on any atom is 0.225 e. The highest BCUT2D eigenvalue weighted by Gasteiger charge is 2.12. The van der Waals surface area contributed by atoms with Gasteiger partial charge in [-0.3, -0.25) is 0 Å². The standard InChI is InChI=1S/C10H16N4S2/c1-7(6-16-3)14(2)10-12-5-4-8(13-10)9(11)15/h4-5,7H,6H2,1-3H3,(H2,11,15). The van der Waals surface area contributed by atoms with E-state index in [1.165, 1.54) is 0 Å². The van der Waals surface area contributed by atoms with Crippen LogP contribution in [0.15, 0.2) is 12.3 Å². The summed E-state index contributed by atoms with van der Waals surface area (Å²) in [5, 5.41) is 0. The lowest BCUT2D eigenvalue weighted by atomic mass is 10.3. The number of anilines is 1. The highest BCUT2D eigenvalue weighted by Crippen LogP contribution is 2.11. The van der Waals surface area contributed by atoms with Crippen LogP contribution in [0.3, 0.4) is 0 Å². The van der Waals surface area contributed by atoms with Gasteiger partial charge in [0.2, 0.25) is 5.95 Å². The van der Waals surface area contributed by atoms with Crippen molar-refractivity contribution in [2.75, 3.05) is 24.0 Å². The fraction of sp³-hybridized carbons (Fsp3) is 0.500. The summed E-state index contributed by atoms with van der Waals surface area (Å²) >= 11 is 6.69. The number of hydrogen-bond acceptors (Lipinski definition) is 5. The third-order valence-corrected chi connectivity index (χ3v) is 3.30. The molecule has 1 aromatic rings. The lowest BCUT2D eigenvalue weighted by Gasteiger charge is -2.24. The number of aromatic nitrogens is 2. The van der Waals surface area contributed by atoms with Gasteiger partial charge in [0, 0.05) is 25.0 Å². The van der Waals surface area contributed by atoms with Crippen LogP contribution in [-0.2, 0) is 0 Å². The van der Waals surface area contributed by atoms with Crippen LogP contribution in [0.25, 0.3) is 0 Å². The van der Waals surface area contributed by atoms with E-state index < -0.39 is 0 Å². The van der Waals surface area contributed by atoms with Crippen LogP contribution in [-0.4, -0.2) is 40.1 Å². The van der Waals surface area contributed by atoms with E-state index in [9.17, 15) is 0 Å². The molecule has 88 valence electrons. The lowest BCUT2D eigenvalue weighted by Crippen LogP contribution is -2.32. The Morgan fingerprint density at radius 3 is 2.94 bits per heavy atom. The first-order chi connectivity index (χ1) is 7.56. The zero-order valence-electron chi connectivity index (χ0n) is 9.67. The highest BCUT2D eigenvalue weighted by molar-refractivity contribution is 7.98. The Labute approximate surface area is 106 Å². The number of nitrogens with two attached hydrogens (primary N) is 1. The molecule has 16 heavy (non-hydrogen) atoms. The predicted molar refractivity (Wildman–Crippen MR) is 74.2 cm³/mol. The van der Waals surface area contributed by atoms with Gasteiger partial charge in [0.25, 0.3) is 0 Å². The molecule has 0 aliphatic heterocycles. The van der Waals surface area contributed by atoms with Crippen molar-refractivity contribution in [3.05, 3.63) is 18.0 Å². The molecule has 1 atom stereocenters. The van der Waals surface area contributed by atoms with Crippen molar-refractivity contribution in [2.45, 2.75) is 13.0 Å². The van der Waals surface area contributed by atoms with Gasteiger partial charge < -0.3 is 10.6 Å².